The second-order valence-corrected chi connectivity index (χ2v) is 3.15. The zero-order valence-corrected chi connectivity index (χ0v) is 8.03. The Morgan fingerprint density at radius 2 is 2.14 bits per heavy atom. The first-order valence-corrected chi connectivity index (χ1v) is 4.44. The van der Waals surface area contributed by atoms with Crippen molar-refractivity contribution in [2.45, 2.75) is 19.3 Å². The van der Waals surface area contributed by atoms with Crippen molar-refractivity contribution >= 4 is 17.3 Å². The van der Waals surface area contributed by atoms with Gasteiger partial charge in [-0.2, -0.15) is 0 Å². The van der Waals surface area contributed by atoms with Crippen LogP contribution >= 0.6 is 0 Å². The van der Waals surface area contributed by atoms with Crippen LogP contribution in [0.3, 0.4) is 0 Å². The van der Waals surface area contributed by atoms with Crippen LogP contribution in [0.4, 0.5) is 11.4 Å². The first kappa shape index (κ1) is 10.4. The molecule has 76 valence electrons. The smallest absolute Gasteiger partial charge is 0.311 e. The maximum Gasteiger partial charge on any atom is 0.311 e. The van der Waals surface area contributed by atoms with Crippen LogP contribution in [0.2, 0.25) is 0 Å². The summed E-state index contributed by atoms with van der Waals surface area (Å²) in [5, 5.41) is 8.95. The molecule has 1 aromatic rings. The van der Waals surface area contributed by atoms with Crippen molar-refractivity contribution in [1.82, 2.24) is 0 Å². The van der Waals surface area contributed by atoms with Crippen molar-refractivity contribution in [3.63, 3.8) is 0 Å². The number of anilines is 2. The Morgan fingerprint density at radius 3 is 2.64 bits per heavy atom. The predicted octanol–water partition coefficient (Wildman–Crippen LogP) is 1.43. The van der Waals surface area contributed by atoms with Gasteiger partial charge in [-0.25, -0.2) is 0 Å². The summed E-state index contributed by atoms with van der Waals surface area (Å²) >= 11 is 0. The lowest BCUT2D eigenvalue weighted by Crippen LogP contribution is -2.13. The molecule has 0 spiro atoms. The van der Waals surface area contributed by atoms with Crippen molar-refractivity contribution in [1.29, 1.82) is 0 Å². The van der Waals surface area contributed by atoms with Gasteiger partial charge in [-0.3, -0.25) is 4.79 Å². The van der Waals surface area contributed by atoms with E-state index in [1.165, 1.54) is 0 Å². The van der Waals surface area contributed by atoms with E-state index in [0.29, 0.717) is 23.4 Å². The number of carboxylic acid groups (broad SMARTS) is 1. The van der Waals surface area contributed by atoms with Gasteiger partial charge in [-0.05, 0) is 18.1 Å². The third kappa shape index (κ3) is 1.79. The van der Waals surface area contributed by atoms with Crippen molar-refractivity contribution in [2.24, 2.45) is 0 Å². The molecule has 5 N–H and O–H groups in total. The highest BCUT2D eigenvalue weighted by atomic mass is 16.4. The molecule has 0 bridgehead atoms. The Bertz CT molecular complexity index is 350. The fourth-order valence-corrected chi connectivity index (χ4v) is 1.43. The zero-order chi connectivity index (χ0) is 10.7. The predicted molar refractivity (Wildman–Crippen MR) is 55.9 cm³/mol. The minimum absolute atomic E-state index is 0.377. The van der Waals surface area contributed by atoms with Gasteiger partial charge in [0, 0.05) is 0 Å². The summed E-state index contributed by atoms with van der Waals surface area (Å²) in [5.74, 6) is -1.44. The number of carboxylic acids is 1. The molecule has 0 heterocycles. The Hall–Kier alpha value is -1.71. The van der Waals surface area contributed by atoms with E-state index in [2.05, 4.69) is 0 Å². The van der Waals surface area contributed by atoms with E-state index in [0.717, 1.165) is 0 Å². The van der Waals surface area contributed by atoms with Crippen LogP contribution in [0.1, 0.15) is 24.8 Å². The normalized spacial score (nSPS) is 12.4. The number of benzene rings is 1. The first-order valence-electron chi connectivity index (χ1n) is 4.44. The molecule has 0 aliphatic heterocycles. The maximum atomic E-state index is 10.9. The average molecular weight is 194 g/mol. The van der Waals surface area contributed by atoms with Crippen molar-refractivity contribution < 1.29 is 9.90 Å². The molecule has 0 aromatic heterocycles. The molecule has 0 aliphatic rings. The SMILES string of the molecule is CCC(C(=O)O)c1cccc(N)c1N. The second-order valence-electron chi connectivity index (χ2n) is 3.15. The van der Waals surface area contributed by atoms with Crippen molar-refractivity contribution in [3.8, 4) is 0 Å². The molecular weight excluding hydrogens is 180 g/mol. The quantitative estimate of drug-likeness (QED) is 0.635. The highest BCUT2D eigenvalue weighted by Gasteiger charge is 2.20. The van der Waals surface area contributed by atoms with Crippen molar-refractivity contribution in [2.75, 3.05) is 11.5 Å². The van der Waals surface area contributed by atoms with E-state index >= 15 is 0 Å². The highest BCUT2D eigenvalue weighted by Crippen LogP contribution is 2.29. The summed E-state index contributed by atoms with van der Waals surface area (Å²) in [7, 11) is 0. The van der Waals surface area contributed by atoms with E-state index in [-0.39, 0.29) is 0 Å². The Morgan fingerprint density at radius 1 is 1.50 bits per heavy atom. The van der Waals surface area contributed by atoms with Crippen LogP contribution in [-0.4, -0.2) is 11.1 Å². The minimum Gasteiger partial charge on any atom is -0.481 e. The van der Waals surface area contributed by atoms with Crippen LogP contribution in [0.5, 0.6) is 0 Å². The van der Waals surface area contributed by atoms with Gasteiger partial charge < -0.3 is 16.6 Å². The van der Waals surface area contributed by atoms with Crippen LogP contribution in [0, 0.1) is 0 Å². The van der Waals surface area contributed by atoms with Gasteiger partial charge in [0.05, 0.1) is 17.3 Å². The molecule has 1 rings (SSSR count). The Labute approximate surface area is 82.5 Å². The molecule has 0 amide bonds. The van der Waals surface area contributed by atoms with Gasteiger partial charge in [0.2, 0.25) is 0 Å². The summed E-state index contributed by atoms with van der Waals surface area (Å²) in [6, 6.07) is 5.08. The van der Waals surface area contributed by atoms with Gasteiger partial charge in [0.1, 0.15) is 0 Å². The zero-order valence-electron chi connectivity index (χ0n) is 8.03. The molecule has 0 saturated heterocycles. The number of nitrogens with two attached hydrogens (primary N) is 2. The van der Waals surface area contributed by atoms with Crippen LogP contribution in [-0.2, 0) is 4.79 Å². The maximum absolute atomic E-state index is 10.9. The molecule has 4 heteroatoms. The molecular formula is C10H14N2O2. The largest absolute Gasteiger partial charge is 0.481 e. The molecule has 1 atom stereocenters. The second kappa shape index (κ2) is 4.00. The fraction of sp³-hybridized carbons (Fsp3) is 0.300. The summed E-state index contributed by atoms with van der Waals surface area (Å²) in [6.07, 6.45) is 0.503. The lowest BCUT2D eigenvalue weighted by molar-refractivity contribution is -0.138. The molecule has 1 unspecified atom stereocenters. The topological polar surface area (TPSA) is 89.3 Å². The molecule has 0 fully saturated rings. The number of carbonyl (C=O) groups is 1. The van der Waals surface area contributed by atoms with Gasteiger partial charge in [0.25, 0.3) is 0 Å². The lowest BCUT2D eigenvalue weighted by Gasteiger charge is -2.13. The number of hydrogen-bond donors (Lipinski definition) is 3. The van der Waals surface area contributed by atoms with Gasteiger partial charge in [-0.1, -0.05) is 19.1 Å². The number of para-hydroxylation sites is 1. The van der Waals surface area contributed by atoms with E-state index < -0.39 is 11.9 Å². The lowest BCUT2D eigenvalue weighted by atomic mass is 9.94. The molecule has 0 aliphatic carbocycles. The molecule has 1 aromatic carbocycles. The van der Waals surface area contributed by atoms with Gasteiger partial charge in [-0.15, -0.1) is 0 Å². The first-order chi connectivity index (χ1) is 6.57. The van der Waals surface area contributed by atoms with Gasteiger partial charge >= 0.3 is 5.97 Å². The molecule has 0 radical (unpaired) electrons. The third-order valence-corrected chi connectivity index (χ3v) is 2.26. The van der Waals surface area contributed by atoms with E-state index in [1.807, 2.05) is 0 Å². The van der Waals surface area contributed by atoms with Gasteiger partial charge in [0.15, 0.2) is 0 Å². The number of hydrogen-bond acceptors (Lipinski definition) is 3. The van der Waals surface area contributed by atoms with Crippen molar-refractivity contribution in [3.05, 3.63) is 23.8 Å². The number of nitrogen functional groups attached to an aromatic ring is 2. The van der Waals surface area contributed by atoms with E-state index in [1.54, 1.807) is 25.1 Å². The van der Waals surface area contributed by atoms with Crippen LogP contribution < -0.4 is 11.5 Å². The average Bonchev–Trinajstić information content (AvgIpc) is 2.13. The Kier molecular flexibility index (Phi) is 2.96. The fourth-order valence-electron chi connectivity index (χ4n) is 1.43. The molecule has 0 saturated carbocycles. The summed E-state index contributed by atoms with van der Waals surface area (Å²) < 4.78 is 0. The molecule has 14 heavy (non-hydrogen) atoms. The third-order valence-electron chi connectivity index (χ3n) is 2.26. The summed E-state index contributed by atoms with van der Waals surface area (Å²) in [6.45, 7) is 1.81. The minimum atomic E-state index is -0.871. The number of rotatable bonds is 3. The van der Waals surface area contributed by atoms with Crippen LogP contribution in [0.25, 0.3) is 0 Å². The van der Waals surface area contributed by atoms with E-state index in [9.17, 15) is 4.79 Å². The monoisotopic (exact) mass is 194 g/mol. The van der Waals surface area contributed by atoms with E-state index in [4.69, 9.17) is 16.6 Å². The standard InChI is InChI=1S/C10H14N2O2/c1-2-6(10(13)14)7-4-3-5-8(11)9(7)12/h3-6H,2,11-12H2,1H3,(H,13,14). The summed E-state index contributed by atoms with van der Waals surface area (Å²) in [4.78, 5) is 10.9. The summed E-state index contributed by atoms with van der Waals surface area (Å²) in [5.41, 5.74) is 12.7. The van der Waals surface area contributed by atoms with Crippen LogP contribution in [0.15, 0.2) is 18.2 Å². The Balaban J connectivity index is 3.16. The molecule has 4 nitrogen and oxygen atoms in total. The highest BCUT2D eigenvalue weighted by molar-refractivity contribution is 5.81. The number of aliphatic carboxylic acids is 1.